The van der Waals surface area contributed by atoms with Gasteiger partial charge < -0.3 is 4.90 Å². The van der Waals surface area contributed by atoms with E-state index in [1.54, 1.807) is 0 Å². The third kappa shape index (κ3) is 3.79. The lowest BCUT2D eigenvalue weighted by atomic mass is 9.83. The summed E-state index contributed by atoms with van der Waals surface area (Å²) >= 11 is 0. The van der Waals surface area contributed by atoms with E-state index < -0.39 is 0 Å². The average molecular weight is 291 g/mol. The number of rotatable bonds is 6. The van der Waals surface area contributed by atoms with E-state index >= 15 is 0 Å². The van der Waals surface area contributed by atoms with Gasteiger partial charge in [0.1, 0.15) is 5.54 Å². The molecule has 2 aliphatic carbocycles. The molecule has 2 fully saturated rings. The molecule has 4 atom stereocenters. The smallest absolute Gasteiger partial charge is 0.109 e. The van der Waals surface area contributed by atoms with E-state index in [9.17, 15) is 5.26 Å². The maximum atomic E-state index is 9.65. The predicted octanol–water partition coefficient (Wildman–Crippen LogP) is 3.56. The molecular formula is C18H33N3. The molecule has 0 aliphatic heterocycles. The molecule has 0 aromatic carbocycles. The normalized spacial score (nSPS) is 36.8. The molecule has 0 radical (unpaired) electrons. The first-order valence-electron chi connectivity index (χ1n) is 8.99. The highest BCUT2D eigenvalue weighted by molar-refractivity contribution is 5.14. The maximum absolute atomic E-state index is 9.65. The summed E-state index contributed by atoms with van der Waals surface area (Å²) in [5.41, 5.74) is -0.242. The Balaban J connectivity index is 1.88. The minimum Gasteiger partial charge on any atom is -0.303 e. The molecule has 0 bridgehead atoms. The lowest BCUT2D eigenvalue weighted by Gasteiger charge is -2.38. The second-order valence-corrected chi connectivity index (χ2v) is 7.30. The molecule has 3 nitrogen and oxygen atoms in total. The third-order valence-electron chi connectivity index (χ3n) is 5.97. The number of nitrogens with zero attached hydrogens (tertiary/aromatic N) is 2. The van der Waals surface area contributed by atoms with Crippen molar-refractivity contribution in [2.75, 3.05) is 20.1 Å². The van der Waals surface area contributed by atoms with E-state index in [0.29, 0.717) is 5.92 Å². The maximum Gasteiger partial charge on any atom is 0.109 e. The average Bonchev–Trinajstić information content (AvgIpc) is 2.89. The van der Waals surface area contributed by atoms with Crippen LogP contribution in [0.1, 0.15) is 65.2 Å². The minimum atomic E-state index is -0.242. The van der Waals surface area contributed by atoms with Gasteiger partial charge in [-0.1, -0.05) is 33.1 Å². The van der Waals surface area contributed by atoms with Crippen LogP contribution in [0.4, 0.5) is 0 Å². The van der Waals surface area contributed by atoms with Gasteiger partial charge in [0, 0.05) is 6.04 Å². The Kier molecular flexibility index (Phi) is 6.08. The largest absolute Gasteiger partial charge is 0.303 e. The molecule has 0 saturated heterocycles. The summed E-state index contributed by atoms with van der Waals surface area (Å²) in [6.07, 6.45) is 10.2. The molecule has 2 saturated carbocycles. The van der Waals surface area contributed by atoms with Crippen LogP contribution in [0.15, 0.2) is 0 Å². The van der Waals surface area contributed by atoms with E-state index in [0.717, 1.165) is 31.5 Å². The van der Waals surface area contributed by atoms with Crippen molar-refractivity contribution < 1.29 is 0 Å². The molecule has 0 heterocycles. The van der Waals surface area contributed by atoms with Crippen molar-refractivity contribution in [3.63, 3.8) is 0 Å². The summed E-state index contributed by atoms with van der Waals surface area (Å²) in [6, 6.07) is 3.37. The lowest BCUT2D eigenvalue weighted by Crippen LogP contribution is -2.48. The highest BCUT2D eigenvalue weighted by atomic mass is 15.1. The van der Waals surface area contributed by atoms with E-state index in [2.05, 4.69) is 37.2 Å². The first kappa shape index (κ1) is 16.8. The van der Waals surface area contributed by atoms with Gasteiger partial charge in [0.15, 0.2) is 0 Å². The zero-order valence-corrected chi connectivity index (χ0v) is 14.2. The fourth-order valence-electron chi connectivity index (χ4n) is 4.68. The first-order valence-corrected chi connectivity index (χ1v) is 8.99. The molecule has 21 heavy (non-hydrogen) atoms. The fraction of sp³-hybridized carbons (Fsp3) is 0.944. The highest BCUT2D eigenvalue weighted by Crippen LogP contribution is 2.38. The van der Waals surface area contributed by atoms with Crippen LogP contribution in [0.5, 0.6) is 0 Å². The van der Waals surface area contributed by atoms with Crippen LogP contribution in [-0.4, -0.2) is 36.6 Å². The van der Waals surface area contributed by atoms with Gasteiger partial charge in [-0.3, -0.25) is 5.32 Å². The molecule has 4 unspecified atom stereocenters. The van der Waals surface area contributed by atoms with Crippen molar-refractivity contribution >= 4 is 0 Å². The molecule has 1 N–H and O–H groups in total. The SMILES string of the molecule is CCNC1(C#N)CCCC1CCN(C)C1CCCCC1C. The second-order valence-electron chi connectivity index (χ2n) is 7.30. The monoisotopic (exact) mass is 291 g/mol. The van der Waals surface area contributed by atoms with E-state index in [-0.39, 0.29) is 5.54 Å². The zero-order valence-electron chi connectivity index (χ0n) is 14.2. The Morgan fingerprint density at radius 1 is 1.24 bits per heavy atom. The van der Waals surface area contributed by atoms with Gasteiger partial charge in [0.25, 0.3) is 0 Å². The zero-order chi connectivity index (χ0) is 15.3. The van der Waals surface area contributed by atoms with Gasteiger partial charge in [-0.25, -0.2) is 0 Å². The topological polar surface area (TPSA) is 39.1 Å². The molecule has 0 aromatic rings. The third-order valence-corrected chi connectivity index (χ3v) is 5.97. The molecule has 0 spiro atoms. The Morgan fingerprint density at radius 2 is 2.00 bits per heavy atom. The summed E-state index contributed by atoms with van der Waals surface area (Å²) < 4.78 is 0. The van der Waals surface area contributed by atoms with Crippen LogP contribution in [0.3, 0.4) is 0 Å². The summed E-state index contributed by atoms with van der Waals surface area (Å²) in [4.78, 5) is 2.58. The van der Waals surface area contributed by atoms with Crippen LogP contribution >= 0.6 is 0 Å². The summed E-state index contributed by atoms with van der Waals surface area (Å²) in [5, 5.41) is 13.1. The van der Waals surface area contributed by atoms with Gasteiger partial charge >= 0.3 is 0 Å². The van der Waals surface area contributed by atoms with E-state index in [1.807, 2.05) is 0 Å². The van der Waals surface area contributed by atoms with Crippen LogP contribution < -0.4 is 5.32 Å². The van der Waals surface area contributed by atoms with Crippen molar-refractivity contribution in [2.24, 2.45) is 11.8 Å². The van der Waals surface area contributed by atoms with Gasteiger partial charge in [-0.05, 0) is 64.1 Å². The van der Waals surface area contributed by atoms with Crippen molar-refractivity contribution in [3.8, 4) is 6.07 Å². The molecule has 120 valence electrons. The lowest BCUT2D eigenvalue weighted by molar-refractivity contribution is 0.127. The Labute approximate surface area is 131 Å². The van der Waals surface area contributed by atoms with Crippen LogP contribution in [0.25, 0.3) is 0 Å². The Morgan fingerprint density at radius 3 is 2.67 bits per heavy atom. The second kappa shape index (κ2) is 7.61. The van der Waals surface area contributed by atoms with Gasteiger partial charge in [-0.2, -0.15) is 5.26 Å². The molecule has 2 aliphatic rings. The van der Waals surface area contributed by atoms with E-state index in [1.165, 1.54) is 44.9 Å². The number of nitriles is 1. The fourth-order valence-corrected chi connectivity index (χ4v) is 4.68. The summed E-state index contributed by atoms with van der Waals surface area (Å²) in [5.74, 6) is 1.37. The van der Waals surface area contributed by atoms with Crippen molar-refractivity contribution in [3.05, 3.63) is 0 Å². The number of hydrogen-bond acceptors (Lipinski definition) is 3. The predicted molar refractivity (Wildman–Crippen MR) is 88.0 cm³/mol. The van der Waals surface area contributed by atoms with Crippen LogP contribution in [0, 0.1) is 23.2 Å². The molecule has 0 amide bonds. The first-order chi connectivity index (χ1) is 10.1. The van der Waals surface area contributed by atoms with Gasteiger partial charge in [-0.15, -0.1) is 0 Å². The Hall–Kier alpha value is -0.590. The standard InChI is InChI=1S/C18H33N3/c1-4-20-18(14-19)12-7-9-16(18)11-13-21(3)17-10-6-5-8-15(17)2/h15-17,20H,4-13H2,1-3H3. The highest BCUT2D eigenvalue weighted by Gasteiger charge is 2.42. The minimum absolute atomic E-state index is 0.242. The van der Waals surface area contributed by atoms with Crippen LogP contribution in [-0.2, 0) is 0 Å². The molecule has 0 aromatic heterocycles. The summed E-state index contributed by atoms with van der Waals surface area (Å²) in [7, 11) is 2.29. The van der Waals surface area contributed by atoms with Crippen molar-refractivity contribution in [1.29, 1.82) is 5.26 Å². The quantitative estimate of drug-likeness (QED) is 0.813. The molecule has 3 heteroatoms. The number of nitrogens with one attached hydrogen (secondary N) is 1. The van der Waals surface area contributed by atoms with Gasteiger partial charge in [0.05, 0.1) is 6.07 Å². The summed E-state index contributed by atoms with van der Waals surface area (Å²) in [6.45, 7) is 6.58. The van der Waals surface area contributed by atoms with Crippen molar-refractivity contribution in [2.45, 2.75) is 76.8 Å². The van der Waals surface area contributed by atoms with Crippen LogP contribution in [0.2, 0.25) is 0 Å². The molecule has 2 rings (SSSR count). The van der Waals surface area contributed by atoms with E-state index in [4.69, 9.17) is 0 Å². The molecular weight excluding hydrogens is 258 g/mol. The van der Waals surface area contributed by atoms with Crippen molar-refractivity contribution in [1.82, 2.24) is 10.2 Å². The Bertz CT molecular complexity index is 362. The van der Waals surface area contributed by atoms with Gasteiger partial charge in [0.2, 0.25) is 0 Å². The number of hydrogen-bond donors (Lipinski definition) is 1.